The van der Waals surface area contributed by atoms with Gasteiger partial charge in [0.25, 0.3) is 0 Å². The highest BCUT2D eigenvalue weighted by Gasteiger charge is 2.35. The molecule has 1 aliphatic heterocycles. The van der Waals surface area contributed by atoms with Crippen molar-refractivity contribution in [3.8, 4) is 0 Å². The zero-order chi connectivity index (χ0) is 17.5. The molecule has 7 heteroatoms. The van der Waals surface area contributed by atoms with E-state index in [9.17, 15) is 4.79 Å². The van der Waals surface area contributed by atoms with Gasteiger partial charge in [-0.1, -0.05) is 30.3 Å². The third-order valence-corrected chi connectivity index (χ3v) is 3.85. The Morgan fingerprint density at radius 2 is 2.08 bits per heavy atom. The average Bonchev–Trinajstić information content (AvgIpc) is 2.61. The fourth-order valence-electron chi connectivity index (χ4n) is 2.68. The van der Waals surface area contributed by atoms with Gasteiger partial charge in [0.05, 0.1) is 26.0 Å². The van der Waals surface area contributed by atoms with E-state index in [-0.39, 0.29) is 12.6 Å². The van der Waals surface area contributed by atoms with Gasteiger partial charge in [0.15, 0.2) is 0 Å². The van der Waals surface area contributed by atoms with Gasteiger partial charge in [0, 0.05) is 30.9 Å². The first-order valence-electron chi connectivity index (χ1n) is 7.72. The maximum atomic E-state index is 11.9. The molecule has 0 spiro atoms. The number of methoxy groups -OCH3 is 1. The molecular weight excluding hydrogens is 308 g/mol. The van der Waals surface area contributed by atoms with Crippen LogP contribution in [0.5, 0.6) is 0 Å². The van der Waals surface area contributed by atoms with Gasteiger partial charge < -0.3 is 20.9 Å². The zero-order valence-corrected chi connectivity index (χ0v) is 14.0. The Balaban J connectivity index is 2.12. The number of aliphatic imine (C=N–C) groups is 1. The Hall–Kier alpha value is -2.22. The third-order valence-electron chi connectivity index (χ3n) is 3.85. The fourth-order valence-corrected chi connectivity index (χ4v) is 2.68. The normalized spacial score (nSPS) is 24.7. The number of nitrogens with two attached hydrogens (primary N) is 2. The predicted octanol–water partition coefficient (Wildman–Crippen LogP) is -0.0411. The first-order valence-corrected chi connectivity index (χ1v) is 7.72. The van der Waals surface area contributed by atoms with Gasteiger partial charge >= 0.3 is 5.97 Å². The van der Waals surface area contributed by atoms with E-state index in [2.05, 4.69) is 10.3 Å². The van der Waals surface area contributed by atoms with Crippen LogP contribution >= 0.6 is 0 Å². The van der Waals surface area contributed by atoms with Crippen LogP contribution in [0.1, 0.15) is 5.56 Å². The van der Waals surface area contributed by atoms with Crippen LogP contribution in [0.3, 0.4) is 0 Å². The summed E-state index contributed by atoms with van der Waals surface area (Å²) in [5.74, 6) is -0.419. The molecule has 5 N–H and O–H groups in total. The van der Waals surface area contributed by atoms with Crippen molar-refractivity contribution in [2.24, 2.45) is 16.5 Å². The summed E-state index contributed by atoms with van der Waals surface area (Å²) in [4.78, 5) is 16.1. The van der Waals surface area contributed by atoms with Crippen LogP contribution in [0.15, 0.2) is 46.6 Å². The number of nitrogens with one attached hydrogen (secondary N) is 1. The van der Waals surface area contributed by atoms with Crippen molar-refractivity contribution >= 4 is 11.7 Å². The van der Waals surface area contributed by atoms with Gasteiger partial charge in [0.2, 0.25) is 0 Å². The number of piperidine rings is 1. The van der Waals surface area contributed by atoms with Crippen molar-refractivity contribution in [1.29, 1.82) is 0 Å². The Morgan fingerprint density at radius 1 is 1.38 bits per heavy atom. The molecule has 1 aliphatic rings. The van der Waals surface area contributed by atoms with E-state index in [1.54, 1.807) is 7.05 Å². The first kappa shape index (κ1) is 18.1. The largest absolute Gasteiger partial charge is 0.468 e. The van der Waals surface area contributed by atoms with Gasteiger partial charge in [-0.3, -0.25) is 10.3 Å². The van der Waals surface area contributed by atoms with Crippen LogP contribution in [0.4, 0.5) is 0 Å². The van der Waals surface area contributed by atoms with E-state index in [0.29, 0.717) is 30.1 Å². The van der Waals surface area contributed by atoms with Crippen LogP contribution in [-0.2, 0) is 20.9 Å². The molecule has 0 bridgehead atoms. The van der Waals surface area contributed by atoms with Crippen LogP contribution in [0, 0.1) is 0 Å². The number of nitrogens with zero attached hydrogens (tertiary/aromatic N) is 1. The first-order chi connectivity index (χ1) is 11.6. The van der Waals surface area contributed by atoms with Crippen molar-refractivity contribution in [2.75, 3.05) is 27.3 Å². The molecular formula is C17H24N4O3. The quantitative estimate of drug-likeness (QED) is 0.652. The number of hydrogen-bond donors (Lipinski definition) is 3. The Kier molecular flexibility index (Phi) is 6.48. The lowest BCUT2D eigenvalue weighted by molar-refractivity contribution is -0.141. The van der Waals surface area contributed by atoms with Crippen molar-refractivity contribution in [3.63, 3.8) is 0 Å². The molecule has 1 heterocycles. The second-order valence-corrected chi connectivity index (χ2v) is 5.50. The second-order valence-electron chi connectivity index (χ2n) is 5.50. The van der Waals surface area contributed by atoms with Crippen LogP contribution in [-0.4, -0.2) is 51.1 Å². The summed E-state index contributed by atoms with van der Waals surface area (Å²) in [6, 6.07) is 8.79. The molecule has 1 saturated heterocycles. The van der Waals surface area contributed by atoms with Crippen molar-refractivity contribution in [2.45, 2.75) is 18.7 Å². The third kappa shape index (κ3) is 4.19. The predicted molar refractivity (Wildman–Crippen MR) is 92.5 cm³/mol. The lowest BCUT2D eigenvalue weighted by atomic mass is 9.90. The maximum absolute atomic E-state index is 11.9. The van der Waals surface area contributed by atoms with Gasteiger partial charge in [-0.05, 0) is 5.56 Å². The maximum Gasteiger partial charge on any atom is 0.329 e. The van der Waals surface area contributed by atoms with E-state index in [1.165, 1.54) is 7.11 Å². The van der Waals surface area contributed by atoms with E-state index < -0.39 is 12.0 Å². The molecule has 1 fully saturated rings. The average molecular weight is 332 g/mol. The summed E-state index contributed by atoms with van der Waals surface area (Å²) in [5, 5.41) is 3.03. The topological polar surface area (TPSA) is 112 Å². The highest BCUT2D eigenvalue weighted by molar-refractivity contribution is 6.16. The molecule has 1 aromatic carbocycles. The number of esters is 1. The van der Waals surface area contributed by atoms with Crippen LogP contribution in [0.25, 0.3) is 0 Å². The molecule has 24 heavy (non-hydrogen) atoms. The monoisotopic (exact) mass is 332 g/mol. The highest BCUT2D eigenvalue weighted by Crippen LogP contribution is 2.16. The SMILES string of the molecule is CN=C1C(=C(N)COCc2ccccc2)C(N)CNC1C(=O)OC. The Bertz CT molecular complexity index is 628. The second kappa shape index (κ2) is 8.58. The van der Waals surface area contributed by atoms with E-state index >= 15 is 0 Å². The van der Waals surface area contributed by atoms with E-state index in [4.69, 9.17) is 20.9 Å². The summed E-state index contributed by atoms with van der Waals surface area (Å²) in [6.07, 6.45) is 0. The molecule has 0 saturated carbocycles. The van der Waals surface area contributed by atoms with Gasteiger partial charge in [-0.2, -0.15) is 0 Å². The van der Waals surface area contributed by atoms with Gasteiger partial charge in [-0.15, -0.1) is 0 Å². The molecule has 0 radical (unpaired) electrons. The molecule has 0 aromatic heterocycles. The number of hydrogen-bond acceptors (Lipinski definition) is 7. The summed E-state index contributed by atoms with van der Waals surface area (Å²) in [5.41, 5.74) is 15.0. The fraction of sp³-hybridized carbons (Fsp3) is 0.412. The standard InChI is InChI=1S/C17H24N4O3/c1-20-15-14(12(18)8-21-16(15)17(22)23-2)13(19)10-24-9-11-6-4-3-5-7-11/h3-7,12,16,21H,8-10,18-19H2,1-2H3. The molecule has 130 valence electrons. The molecule has 7 nitrogen and oxygen atoms in total. The van der Waals surface area contributed by atoms with Gasteiger partial charge in [-0.25, -0.2) is 4.79 Å². The minimum atomic E-state index is -0.664. The van der Waals surface area contributed by atoms with Gasteiger partial charge in [0.1, 0.15) is 6.04 Å². The molecule has 1 aromatic rings. The summed E-state index contributed by atoms with van der Waals surface area (Å²) >= 11 is 0. The van der Waals surface area contributed by atoms with Crippen LogP contribution in [0.2, 0.25) is 0 Å². The molecule has 0 aliphatic carbocycles. The highest BCUT2D eigenvalue weighted by atomic mass is 16.5. The number of benzene rings is 1. The lowest BCUT2D eigenvalue weighted by Crippen LogP contribution is -2.57. The zero-order valence-electron chi connectivity index (χ0n) is 14.0. The Morgan fingerprint density at radius 3 is 2.71 bits per heavy atom. The molecule has 2 atom stereocenters. The number of ether oxygens (including phenoxy) is 2. The van der Waals surface area contributed by atoms with E-state index in [0.717, 1.165) is 5.56 Å². The number of carbonyl (C=O) groups excluding carboxylic acids is 1. The van der Waals surface area contributed by atoms with Crippen molar-refractivity contribution in [3.05, 3.63) is 47.2 Å². The number of rotatable bonds is 5. The van der Waals surface area contributed by atoms with E-state index in [1.807, 2.05) is 30.3 Å². The van der Waals surface area contributed by atoms with Crippen molar-refractivity contribution in [1.82, 2.24) is 5.32 Å². The lowest BCUT2D eigenvalue weighted by Gasteiger charge is -2.31. The molecule has 0 amide bonds. The molecule has 2 unspecified atom stereocenters. The Labute approximate surface area is 141 Å². The smallest absolute Gasteiger partial charge is 0.329 e. The summed E-state index contributed by atoms with van der Waals surface area (Å²) in [7, 11) is 2.94. The summed E-state index contributed by atoms with van der Waals surface area (Å²) in [6.45, 7) is 1.07. The number of carbonyl (C=O) groups is 1. The summed E-state index contributed by atoms with van der Waals surface area (Å²) < 4.78 is 10.5. The van der Waals surface area contributed by atoms with Crippen molar-refractivity contribution < 1.29 is 14.3 Å². The molecule has 2 rings (SSSR count). The van der Waals surface area contributed by atoms with Crippen LogP contribution < -0.4 is 16.8 Å². The minimum Gasteiger partial charge on any atom is -0.468 e. The minimum absolute atomic E-state index is 0.213.